The summed E-state index contributed by atoms with van der Waals surface area (Å²) in [6.45, 7) is 5.65. The number of aliphatic imine (C=N–C) groups is 1. The van der Waals surface area contributed by atoms with Crippen molar-refractivity contribution in [3.8, 4) is 11.5 Å². The molecule has 0 saturated carbocycles. The first-order chi connectivity index (χ1) is 14.7. The normalized spacial score (nSPS) is 19.3. The maximum atomic E-state index is 5.79. The van der Waals surface area contributed by atoms with Crippen LogP contribution in [0.25, 0.3) is 0 Å². The van der Waals surface area contributed by atoms with Gasteiger partial charge in [-0.2, -0.15) is 0 Å². The largest absolute Gasteiger partial charge is 0.497 e. The van der Waals surface area contributed by atoms with E-state index >= 15 is 0 Å². The van der Waals surface area contributed by atoms with E-state index in [4.69, 9.17) is 9.47 Å². The Morgan fingerprint density at radius 2 is 1.90 bits per heavy atom. The molecule has 0 radical (unpaired) electrons. The first-order valence-corrected chi connectivity index (χ1v) is 10.7. The molecule has 0 aliphatic carbocycles. The SMILES string of the molecule is CN=C(NCCOc1cccc(OC)c1)NC1CCN(Cc2ccccc2)C(C)C1.I. The van der Waals surface area contributed by atoms with Crippen LogP contribution in [0.3, 0.4) is 0 Å². The van der Waals surface area contributed by atoms with Crippen molar-refractivity contribution in [3.05, 3.63) is 60.2 Å². The summed E-state index contributed by atoms with van der Waals surface area (Å²) in [6.07, 6.45) is 2.21. The van der Waals surface area contributed by atoms with Crippen LogP contribution < -0.4 is 20.1 Å². The maximum absolute atomic E-state index is 5.79. The van der Waals surface area contributed by atoms with E-state index in [1.165, 1.54) is 5.56 Å². The van der Waals surface area contributed by atoms with Gasteiger partial charge in [-0.1, -0.05) is 36.4 Å². The quantitative estimate of drug-likeness (QED) is 0.231. The maximum Gasteiger partial charge on any atom is 0.191 e. The van der Waals surface area contributed by atoms with Gasteiger partial charge >= 0.3 is 0 Å². The van der Waals surface area contributed by atoms with Gasteiger partial charge in [0.1, 0.15) is 18.1 Å². The van der Waals surface area contributed by atoms with Crippen molar-refractivity contribution >= 4 is 29.9 Å². The minimum Gasteiger partial charge on any atom is -0.497 e. The van der Waals surface area contributed by atoms with Crippen molar-refractivity contribution in [3.63, 3.8) is 0 Å². The number of halogens is 1. The van der Waals surface area contributed by atoms with Crippen LogP contribution in [-0.2, 0) is 6.54 Å². The summed E-state index contributed by atoms with van der Waals surface area (Å²) in [4.78, 5) is 6.93. The molecular formula is C24H35IN4O2. The Labute approximate surface area is 203 Å². The minimum atomic E-state index is 0. The summed E-state index contributed by atoms with van der Waals surface area (Å²) < 4.78 is 11.0. The molecule has 3 rings (SSSR count). The number of hydrogen-bond acceptors (Lipinski definition) is 4. The molecule has 1 aliphatic rings. The summed E-state index contributed by atoms with van der Waals surface area (Å²) in [5, 5.41) is 6.92. The van der Waals surface area contributed by atoms with E-state index < -0.39 is 0 Å². The topological polar surface area (TPSA) is 58.1 Å². The summed E-state index contributed by atoms with van der Waals surface area (Å²) in [5.74, 6) is 2.43. The zero-order valence-electron chi connectivity index (χ0n) is 18.7. The Balaban J connectivity index is 0.00000341. The second-order valence-corrected chi connectivity index (χ2v) is 7.70. The number of rotatable bonds is 8. The fourth-order valence-electron chi connectivity index (χ4n) is 3.82. The zero-order chi connectivity index (χ0) is 21.2. The average Bonchev–Trinajstić information content (AvgIpc) is 2.78. The fourth-order valence-corrected chi connectivity index (χ4v) is 3.82. The summed E-state index contributed by atoms with van der Waals surface area (Å²) >= 11 is 0. The van der Waals surface area contributed by atoms with E-state index in [2.05, 4.69) is 57.8 Å². The van der Waals surface area contributed by atoms with E-state index in [0.717, 1.165) is 43.4 Å². The molecule has 2 N–H and O–H groups in total. The van der Waals surface area contributed by atoms with Crippen molar-refractivity contribution in [2.45, 2.75) is 38.4 Å². The smallest absolute Gasteiger partial charge is 0.191 e. The predicted octanol–water partition coefficient (Wildman–Crippen LogP) is 3.91. The molecule has 0 bridgehead atoms. The van der Waals surface area contributed by atoms with Crippen LogP contribution in [0, 0.1) is 0 Å². The predicted molar refractivity (Wildman–Crippen MR) is 138 cm³/mol. The highest BCUT2D eigenvalue weighted by molar-refractivity contribution is 14.0. The molecular weight excluding hydrogens is 503 g/mol. The first kappa shape index (κ1) is 25.3. The summed E-state index contributed by atoms with van der Waals surface area (Å²) in [5.41, 5.74) is 1.38. The van der Waals surface area contributed by atoms with Crippen LogP contribution in [0.4, 0.5) is 0 Å². The number of methoxy groups -OCH3 is 1. The average molecular weight is 538 g/mol. The molecule has 170 valence electrons. The lowest BCUT2D eigenvalue weighted by Crippen LogP contribution is -2.51. The van der Waals surface area contributed by atoms with Gasteiger partial charge in [0.2, 0.25) is 0 Å². The molecule has 6 nitrogen and oxygen atoms in total. The number of hydrogen-bond donors (Lipinski definition) is 2. The van der Waals surface area contributed by atoms with Crippen LogP contribution in [0.2, 0.25) is 0 Å². The first-order valence-electron chi connectivity index (χ1n) is 10.7. The third-order valence-corrected chi connectivity index (χ3v) is 5.51. The van der Waals surface area contributed by atoms with Gasteiger partial charge in [-0.05, 0) is 37.5 Å². The number of nitrogens with one attached hydrogen (secondary N) is 2. The number of guanidine groups is 1. The van der Waals surface area contributed by atoms with Gasteiger partial charge in [-0.15, -0.1) is 24.0 Å². The monoisotopic (exact) mass is 538 g/mol. The van der Waals surface area contributed by atoms with E-state index in [1.807, 2.05) is 31.3 Å². The Hall–Kier alpha value is -2.00. The van der Waals surface area contributed by atoms with Gasteiger partial charge < -0.3 is 20.1 Å². The lowest BCUT2D eigenvalue weighted by molar-refractivity contribution is 0.134. The summed E-state index contributed by atoms with van der Waals surface area (Å²) in [7, 11) is 3.47. The molecule has 0 amide bonds. The van der Waals surface area contributed by atoms with Crippen LogP contribution in [0.5, 0.6) is 11.5 Å². The number of likely N-dealkylation sites (tertiary alicyclic amines) is 1. The van der Waals surface area contributed by atoms with E-state index in [9.17, 15) is 0 Å². The van der Waals surface area contributed by atoms with Crippen LogP contribution >= 0.6 is 24.0 Å². The van der Waals surface area contributed by atoms with Gasteiger partial charge in [0.15, 0.2) is 5.96 Å². The lowest BCUT2D eigenvalue weighted by atomic mass is 9.97. The lowest BCUT2D eigenvalue weighted by Gasteiger charge is -2.38. The van der Waals surface area contributed by atoms with Crippen molar-refractivity contribution in [2.75, 3.05) is 33.9 Å². The molecule has 1 aliphatic heterocycles. The Bertz CT molecular complexity index is 803. The second kappa shape index (κ2) is 13.4. The van der Waals surface area contributed by atoms with Gasteiger partial charge in [-0.25, -0.2) is 0 Å². The molecule has 31 heavy (non-hydrogen) atoms. The van der Waals surface area contributed by atoms with Crippen LogP contribution in [-0.4, -0.2) is 56.8 Å². The van der Waals surface area contributed by atoms with Gasteiger partial charge in [0.05, 0.1) is 13.7 Å². The molecule has 2 atom stereocenters. The van der Waals surface area contributed by atoms with Crippen molar-refractivity contribution in [2.24, 2.45) is 4.99 Å². The molecule has 2 aromatic carbocycles. The third-order valence-electron chi connectivity index (χ3n) is 5.51. The summed E-state index contributed by atoms with van der Waals surface area (Å²) in [6, 6.07) is 19.3. The molecule has 2 unspecified atom stereocenters. The van der Waals surface area contributed by atoms with Gasteiger partial charge in [0, 0.05) is 38.3 Å². The van der Waals surface area contributed by atoms with E-state index in [0.29, 0.717) is 25.2 Å². The van der Waals surface area contributed by atoms with Gasteiger partial charge in [-0.3, -0.25) is 9.89 Å². The van der Waals surface area contributed by atoms with Crippen LogP contribution in [0.1, 0.15) is 25.3 Å². The molecule has 1 heterocycles. The zero-order valence-corrected chi connectivity index (χ0v) is 21.0. The van der Waals surface area contributed by atoms with Crippen molar-refractivity contribution < 1.29 is 9.47 Å². The Morgan fingerprint density at radius 1 is 1.13 bits per heavy atom. The number of ether oxygens (including phenoxy) is 2. The standard InChI is InChI=1S/C24H34N4O2.HI/c1-19-16-21(12-14-28(19)18-20-8-5-4-6-9-20)27-24(25-2)26-13-15-30-23-11-7-10-22(17-23)29-3;/h4-11,17,19,21H,12-16,18H2,1-3H3,(H2,25,26,27);1H. The minimum absolute atomic E-state index is 0. The number of benzene rings is 2. The van der Waals surface area contributed by atoms with Crippen molar-refractivity contribution in [1.82, 2.24) is 15.5 Å². The van der Waals surface area contributed by atoms with Crippen molar-refractivity contribution in [1.29, 1.82) is 0 Å². The Kier molecular flexibility index (Phi) is 10.9. The second-order valence-electron chi connectivity index (χ2n) is 7.70. The molecule has 2 aromatic rings. The van der Waals surface area contributed by atoms with E-state index in [-0.39, 0.29) is 24.0 Å². The molecule has 1 fully saturated rings. The number of piperidine rings is 1. The Morgan fingerprint density at radius 3 is 2.61 bits per heavy atom. The van der Waals surface area contributed by atoms with Gasteiger partial charge in [0.25, 0.3) is 0 Å². The third kappa shape index (κ3) is 8.22. The highest BCUT2D eigenvalue weighted by Gasteiger charge is 2.25. The van der Waals surface area contributed by atoms with E-state index in [1.54, 1.807) is 7.11 Å². The molecule has 0 spiro atoms. The molecule has 0 aromatic heterocycles. The highest BCUT2D eigenvalue weighted by Crippen LogP contribution is 2.20. The molecule has 1 saturated heterocycles. The number of nitrogens with zero attached hydrogens (tertiary/aromatic N) is 2. The fraction of sp³-hybridized carbons (Fsp3) is 0.458. The molecule has 7 heteroatoms. The highest BCUT2D eigenvalue weighted by atomic mass is 127. The van der Waals surface area contributed by atoms with Crippen LogP contribution in [0.15, 0.2) is 59.6 Å².